The lowest BCUT2D eigenvalue weighted by molar-refractivity contribution is 0.351. The first-order valence-corrected chi connectivity index (χ1v) is 6.96. The molecule has 1 aliphatic heterocycles. The van der Waals surface area contributed by atoms with Gasteiger partial charge >= 0.3 is 0 Å². The predicted octanol–water partition coefficient (Wildman–Crippen LogP) is 1.35. The van der Waals surface area contributed by atoms with Crippen LogP contribution in [0, 0.1) is 12.8 Å². The summed E-state index contributed by atoms with van der Waals surface area (Å²) in [5.74, 6) is 1.48. The SMILES string of the molecule is Cc1nsc(N2CCCC(Cn3cncn3)C2)n1. The highest BCUT2D eigenvalue weighted by molar-refractivity contribution is 7.09. The fourth-order valence-corrected chi connectivity index (χ4v) is 3.10. The number of piperidine rings is 1. The Labute approximate surface area is 110 Å². The maximum Gasteiger partial charge on any atom is 0.205 e. The number of hydrogen-bond acceptors (Lipinski definition) is 6. The molecule has 6 nitrogen and oxygen atoms in total. The molecule has 2 aromatic rings. The van der Waals surface area contributed by atoms with Crippen molar-refractivity contribution in [1.29, 1.82) is 0 Å². The van der Waals surface area contributed by atoms with Gasteiger partial charge in [-0.05, 0) is 25.7 Å². The van der Waals surface area contributed by atoms with Crippen molar-refractivity contribution in [2.24, 2.45) is 5.92 Å². The maximum atomic E-state index is 4.46. The molecule has 1 atom stereocenters. The van der Waals surface area contributed by atoms with E-state index in [1.807, 2.05) is 11.6 Å². The number of aryl methyl sites for hydroxylation is 1. The van der Waals surface area contributed by atoms with Crippen molar-refractivity contribution in [2.75, 3.05) is 18.0 Å². The molecule has 3 rings (SSSR count). The average molecular weight is 264 g/mol. The molecule has 1 unspecified atom stereocenters. The highest BCUT2D eigenvalue weighted by Gasteiger charge is 2.22. The minimum atomic E-state index is 0.615. The Morgan fingerprint density at radius 2 is 2.44 bits per heavy atom. The van der Waals surface area contributed by atoms with E-state index in [0.717, 1.165) is 30.6 Å². The molecular weight excluding hydrogens is 248 g/mol. The Morgan fingerprint density at radius 1 is 1.50 bits per heavy atom. The van der Waals surface area contributed by atoms with E-state index in [2.05, 4.69) is 24.3 Å². The second kappa shape index (κ2) is 5.01. The molecule has 18 heavy (non-hydrogen) atoms. The van der Waals surface area contributed by atoms with Gasteiger partial charge in [0.05, 0.1) is 0 Å². The van der Waals surface area contributed by atoms with Crippen LogP contribution in [0.15, 0.2) is 12.7 Å². The third kappa shape index (κ3) is 2.50. The predicted molar refractivity (Wildman–Crippen MR) is 69.6 cm³/mol. The summed E-state index contributed by atoms with van der Waals surface area (Å²) in [5, 5.41) is 5.23. The molecule has 0 N–H and O–H groups in total. The van der Waals surface area contributed by atoms with Crippen LogP contribution >= 0.6 is 11.5 Å². The first kappa shape index (κ1) is 11.6. The van der Waals surface area contributed by atoms with Crippen molar-refractivity contribution < 1.29 is 0 Å². The van der Waals surface area contributed by atoms with Gasteiger partial charge in [0.25, 0.3) is 0 Å². The summed E-state index contributed by atoms with van der Waals surface area (Å²) in [6.07, 6.45) is 5.83. The van der Waals surface area contributed by atoms with E-state index in [-0.39, 0.29) is 0 Å². The van der Waals surface area contributed by atoms with Crippen molar-refractivity contribution >= 4 is 16.7 Å². The zero-order valence-electron chi connectivity index (χ0n) is 10.4. The van der Waals surface area contributed by atoms with Crippen molar-refractivity contribution in [3.8, 4) is 0 Å². The molecular formula is C11H16N6S. The average Bonchev–Trinajstić information content (AvgIpc) is 3.01. The highest BCUT2D eigenvalue weighted by atomic mass is 32.1. The monoisotopic (exact) mass is 264 g/mol. The van der Waals surface area contributed by atoms with Crippen molar-refractivity contribution in [2.45, 2.75) is 26.3 Å². The van der Waals surface area contributed by atoms with Gasteiger partial charge in [0.2, 0.25) is 5.13 Å². The molecule has 0 saturated carbocycles. The summed E-state index contributed by atoms with van der Waals surface area (Å²) in [4.78, 5) is 10.8. The summed E-state index contributed by atoms with van der Waals surface area (Å²) in [5.41, 5.74) is 0. The van der Waals surface area contributed by atoms with E-state index >= 15 is 0 Å². The highest BCUT2D eigenvalue weighted by Crippen LogP contribution is 2.25. The molecule has 1 saturated heterocycles. The molecule has 0 bridgehead atoms. The van der Waals surface area contributed by atoms with Crippen LogP contribution in [0.3, 0.4) is 0 Å². The molecule has 1 aliphatic rings. The minimum absolute atomic E-state index is 0.615. The van der Waals surface area contributed by atoms with Crippen LogP contribution in [0.5, 0.6) is 0 Å². The van der Waals surface area contributed by atoms with Crippen LogP contribution in [0.2, 0.25) is 0 Å². The molecule has 0 spiro atoms. The first-order valence-electron chi connectivity index (χ1n) is 6.19. The lowest BCUT2D eigenvalue weighted by Gasteiger charge is -2.32. The Morgan fingerprint density at radius 3 is 3.17 bits per heavy atom. The maximum absolute atomic E-state index is 4.46. The Kier molecular flexibility index (Phi) is 3.22. The third-order valence-corrected chi connectivity index (χ3v) is 4.09. The van der Waals surface area contributed by atoms with Gasteiger partial charge in [-0.2, -0.15) is 9.47 Å². The third-order valence-electron chi connectivity index (χ3n) is 3.22. The molecule has 3 heterocycles. The Balaban J connectivity index is 1.65. The van der Waals surface area contributed by atoms with Crippen molar-refractivity contribution in [3.05, 3.63) is 18.5 Å². The molecule has 96 valence electrons. The summed E-state index contributed by atoms with van der Waals surface area (Å²) in [6, 6.07) is 0. The number of aromatic nitrogens is 5. The largest absolute Gasteiger partial charge is 0.347 e. The van der Waals surface area contributed by atoms with Gasteiger partial charge < -0.3 is 4.90 Å². The summed E-state index contributed by atoms with van der Waals surface area (Å²) in [7, 11) is 0. The first-order chi connectivity index (χ1) is 8.81. The van der Waals surface area contributed by atoms with Crippen LogP contribution in [0.25, 0.3) is 0 Å². The summed E-state index contributed by atoms with van der Waals surface area (Å²) < 4.78 is 6.17. The van der Waals surface area contributed by atoms with Gasteiger partial charge in [-0.3, -0.25) is 4.68 Å². The van der Waals surface area contributed by atoms with Gasteiger partial charge in [-0.25, -0.2) is 9.97 Å². The smallest absolute Gasteiger partial charge is 0.205 e. The molecule has 2 aromatic heterocycles. The lowest BCUT2D eigenvalue weighted by atomic mass is 9.98. The van der Waals surface area contributed by atoms with E-state index in [4.69, 9.17) is 0 Å². The molecule has 7 heteroatoms. The van der Waals surface area contributed by atoms with Crippen molar-refractivity contribution in [1.82, 2.24) is 24.1 Å². The van der Waals surface area contributed by atoms with Gasteiger partial charge in [0.15, 0.2) is 0 Å². The summed E-state index contributed by atoms with van der Waals surface area (Å²) >= 11 is 1.50. The number of anilines is 1. The zero-order chi connectivity index (χ0) is 12.4. The topological polar surface area (TPSA) is 59.7 Å². The standard InChI is InChI=1S/C11H16N6S/c1-9-14-11(18-15-9)16-4-2-3-10(5-16)6-17-8-12-7-13-17/h7-8,10H,2-6H2,1H3. The van der Waals surface area contributed by atoms with Gasteiger partial charge in [0.1, 0.15) is 18.5 Å². The number of hydrogen-bond donors (Lipinski definition) is 0. The van der Waals surface area contributed by atoms with E-state index in [0.29, 0.717) is 5.92 Å². The van der Waals surface area contributed by atoms with Crippen LogP contribution in [-0.2, 0) is 6.54 Å². The quantitative estimate of drug-likeness (QED) is 0.837. The Hall–Kier alpha value is -1.50. The molecule has 0 amide bonds. The fraction of sp³-hybridized carbons (Fsp3) is 0.636. The normalized spacial score (nSPS) is 20.3. The lowest BCUT2D eigenvalue weighted by Crippen LogP contribution is -2.37. The van der Waals surface area contributed by atoms with Gasteiger partial charge in [-0.1, -0.05) is 0 Å². The second-order valence-corrected chi connectivity index (χ2v) is 5.43. The summed E-state index contributed by atoms with van der Waals surface area (Å²) in [6.45, 7) is 5.00. The van der Waals surface area contributed by atoms with E-state index in [1.165, 1.54) is 24.4 Å². The van der Waals surface area contributed by atoms with E-state index in [1.54, 1.807) is 12.7 Å². The van der Waals surface area contributed by atoms with Crippen molar-refractivity contribution in [3.63, 3.8) is 0 Å². The van der Waals surface area contributed by atoms with Gasteiger partial charge in [-0.15, -0.1) is 0 Å². The van der Waals surface area contributed by atoms with Crippen LogP contribution in [-0.4, -0.2) is 37.2 Å². The van der Waals surface area contributed by atoms with Crippen LogP contribution < -0.4 is 4.90 Å². The van der Waals surface area contributed by atoms with E-state index in [9.17, 15) is 0 Å². The Bertz CT molecular complexity index is 493. The fourth-order valence-electron chi connectivity index (χ4n) is 2.39. The molecule has 0 aromatic carbocycles. The number of rotatable bonds is 3. The number of nitrogens with zero attached hydrogens (tertiary/aromatic N) is 6. The van der Waals surface area contributed by atoms with Crippen LogP contribution in [0.4, 0.5) is 5.13 Å². The molecule has 1 fully saturated rings. The molecule has 0 radical (unpaired) electrons. The zero-order valence-corrected chi connectivity index (χ0v) is 11.2. The molecule has 0 aliphatic carbocycles. The minimum Gasteiger partial charge on any atom is -0.347 e. The van der Waals surface area contributed by atoms with E-state index < -0.39 is 0 Å². The van der Waals surface area contributed by atoms with Gasteiger partial charge in [0, 0.05) is 31.2 Å². The van der Waals surface area contributed by atoms with Crippen LogP contribution in [0.1, 0.15) is 18.7 Å². The second-order valence-electron chi connectivity index (χ2n) is 4.70.